The van der Waals surface area contributed by atoms with E-state index in [0.29, 0.717) is 0 Å². The van der Waals surface area contributed by atoms with E-state index in [4.69, 9.17) is 11.6 Å². The summed E-state index contributed by atoms with van der Waals surface area (Å²) in [6, 6.07) is 0. The third-order valence-corrected chi connectivity index (χ3v) is 1.08. The Bertz CT molecular complexity index is 46.9. The molecule has 0 bridgehead atoms. The van der Waals surface area contributed by atoms with Crippen molar-refractivity contribution in [3.8, 4) is 0 Å². The van der Waals surface area contributed by atoms with Crippen molar-refractivity contribution in [1.82, 2.24) is 5.43 Å². The Kier molecular flexibility index (Phi) is 4.95. The summed E-state index contributed by atoms with van der Waals surface area (Å²) in [6.07, 6.45) is 3.27. The van der Waals surface area contributed by atoms with E-state index in [1.165, 1.54) is 6.42 Å². The van der Waals surface area contributed by atoms with E-state index >= 15 is 0 Å². The maximum Gasteiger partial charge on any atom is 0.0676 e. The lowest BCUT2D eigenvalue weighted by molar-refractivity contribution is 0.490. The fourth-order valence-electron chi connectivity index (χ4n) is 0.507. The fourth-order valence-corrected chi connectivity index (χ4v) is 0.507. The second-order valence-corrected chi connectivity index (χ2v) is 1.92. The number of hydrogen-bond donors (Lipinski definition) is 3. The molecule has 3 heteroatoms. The Labute approximate surface area is 50.4 Å². The predicted octanol–water partition coefficient (Wildman–Crippen LogP) is -0.0753. The van der Waals surface area contributed by atoms with Gasteiger partial charge in [-0.1, -0.05) is 19.8 Å². The molecule has 1 unspecified atom stereocenters. The quantitative estimate of drug-likeness (QED) is 0.274. The second kappa shape index (κ2) is 5.03. The van der Waals surface area contributed by atoms with Crippen LogP contribution in [-0.4, -0.2) is 6.17 Å². The van der Waals surface area contributed by atoms with Crippen molar-refractivity contribution in [2.75, 3.05) is 0 Å². The first-order chi connectivity index (χ1) is 3.81. The van der Waals surface area contributed by atoms with Gasteiger partial charge in [-0.05, 0) is 6.42 Å². The van der Waals surface area contributed by atoms with Crippen LogP contribution < -0.4 is 17.0 Å². The van der Waals surface area contributed by atoms with E-state index in [2.05, 4.69) is 12.3 Å². The lowest BCUT2D eigenvalue weighted by atomic mass is 10.2. The molecule has 0 heterocycles. The van der Waals surface area contributed by atoms with Gasteiger partial charge in [0.1, 0.15) is 0 Å². The largest absolute Gasteiger partial charge is 0.315 e. The lowest BCUT2D eigenvalue weighted by Crippen LogP contribution is -2.41. The molecule has 0 saturated heterocycles. The van der Waals surface area contributed by atoms with Gasteiger partial charge >= 0.3 is 0 Å². The topological polar surface area (TPSA) is 64.1 Å². The number of unbranched alkanes of at least 4 members (excludes halogenated alkanes) is 1. The summed E-state index contributed by atoms with van der Waals surface area (Å²) in [5.41, 5.74) is 7.90. The zero-order chi connectivity index (χ0) is 6.41. The fraction of sp³-hybridized carbons (Fsp3) is 1.00. The Balaban J connectivity index is 2.86. The van der Waals surface area contributed by atoms with E-state index in [9.17, 15) is 0 Å². The molecule has 50 valence electrons. The first kappa shape index (κ1) is 7.88. The molecule has 8 heavy (non-hydrogen) atoms. The Morgan fingerprint density at radius 1 is 1.62 bits per heavy atom. The summed E-state index contributed by atoms with van der Waals surface area (Å²) in [7, 11) is 0. The molecule has 3 nitrogen and oxygen atoms in total. The highest BCUT2D eigenvalue weighted by Crippen LogP contribution is 1.93. The van der Waals surface area contributed by atoms with Gasteiger partial charge in [0, 0.05) is 0 Å². The third-order valence-electron chi connectivity index (χ3n) is 1.08. The van der Waals surface area contributed by atoms with Crippen LogP contribution in [-0.2, 0) is 0 Å². The van der Waals surface area contributed by atoms with Crippen molar-refractivity contribution < 1.29 is 0 Å². The SMILES string of the molecule is CCCCC(N)NN. The van der Waals surface area contributed by atoms with E-state index < -0.39 is 0 Å². The molecular formula is C5H15N3. The molecular weight excluding hydrogens is 102 g/mol. The molecule has 0 saturated carbocycles. The van der Waals surface area contributed by atoms with Crippen LogP contribution in [0.1, 0.15) is 26.2 Å². The molecule has 0 aromatic heterocycles. The molecule has 0 aromatic carbocycles. The average molecular weight is 117 g/mol. The summed E-state index contributed by atoms with van der Waals surface area (Å²) in [6.45, 7) is 2.13. The maximum atomic E-state index is 5.42. The zero-order valence-corrected chi connectivity index (χ0v) is 5.35. The van der Waals surface area contributed by atoms with Crippen LogP contribution in [0.5, 0.6) is 0 Å². The van der Waals surface area contributed by atoms with E-state index in [1.54, 1.807) is 0 Å². The molecule has 1 atom stereocenters. The van der Waals surface area contributed by atoms with Crippen LogP contribution in [0.2, 0.25) is 0 Å². The Morgan fingerprint density at radius 3 is 2.62 bits per heavy atom. The molecule has 0 aliphatic rings. The highest BCUT2D eigenvalue weighted by molar-refractivity contribution is 4.51. The Morgan fingerprint density at radius 2 is 2.25 bits per heavy atom. The van der Waals surface area contributed by atoms with Gasteiger partial charge < -0.3 is 5.73 Å². The minimum Gasteiger partial charge on any atom is -0.315 e. The van der Waals surface area contributed by atoms with Gasteiger partial charge in [0.05, 0.1) is 6.17 Å². The number of nitrogens with one attached hydrogen (secondary N) is 1. The second-order valence-electron chi connectivity index (χ2n) is 1.92. The zero-order valence-electron chi connectivity index (χ0n) is 5.35. The normalized spacial score (nSPS) is 13.9. The minimum absolute atomic E-state index is 0.0186. The van der Waals surface area contributed by atoms with Crippen molar-refractivity contribution >= 4 is 0 Å². The molecule has 5 N–H and O–H groups in total. The van der Waals surface area contributed by atoms with Crippen LogP contribution in [0.3, 0.4) is 0 Å². The predicted molar refractivity (Wildman–Crippen MR) is 34.8 cm³/mol. The van der Waals surface area contributed by atoms with Gasteiger partial charge in [-0.15, -0.1) is 0 Å². The van der Waals surface area contributed by atoms with Gasteiger partial charge in [0.25, 0.3) is 0 Å². The van der Waals surface area contributed by atoms with Crippen molar-refractivity contribution in [1.29, 1.82) is 0 Å². The van der Waals surface area contributed by atoms with Crippen molar-refractivity contribution in [3.05, 3.63) is 0 Å². The number of hydrogen-bond acceptors (Lipinski definition) is 3. The molecule has 0 amide bonds. The summed E-state index contributed by atoms with van der Waals surface area (Å²) >= 11 is 0. The van der Waals surface area contributed by atoms with Gasteiger partial charge in [-0.3, -0.25) is 5.84 Å². The van der Waals surface area contributed by atoms with Crippen LogP contribution in [0, 0.1) is 0 Å². The summed E-state index contributed by atoms with van der Waals surface area (Å²) < 4.78 is 0. The molecule has 0 fully saturated rings. The molecule has 0 aromatic rings. The van der Waals surface area contributed by atoms with Gasteiger partial charge in [-0.2, -0.15) is 0 Å². The number of nitrogens with two attached hydrogens (primary N) is 2. The van der Waals surface area contributed by atoms with Gasteiger partial charge in [0.2, 0.25) is 0 Å². The summed E-state index contributed by atoms with van der Waals surface area (Å²) in [4.78, 5) is 0. The van der Waals surface area contributed by atoms with Crippen LogP contribution >= 0.6 is 0 Å². The van der Waals surface area contributed by atoms with Crippen molar-refractivity contribution in [2.24, 2.45) is 11.6 Å². The monoisotopic (exact) mass is 117 g/mol. The van der Waals surface area contributed by atoms with Crippen LogP contribution in [0.4, 0.5) is 0 Å². The molecule has 0 aliphatic heterocycles. The van der Waals surface area contributed by atoms with Gasteiger partial charge in [-0.25, -0.2) is 5.43 Å². The van der Waals surface area contributed by atoms with E-state index in [-0.39, 0.29) is 6.17 Å². The summed E-state index contributed by atoms with van der Waals surface area (Å²) in [5.74, 6) is 5.04. The average Bonchev–Trinajstić information content (AvgIpc) is 1.83. The number of rotatable bonds is 4. The smallest absolute Gasteiger partial charge is 0.0676 e. The third kappa shape index (κ3) is 4.05. The first-order valence-corrected chi connectivity index (χ1v) is 3.03. The Hall–Kier alpha value is -0.120. The molecule has 0 rings (SSSR count). The molecule has 0 aliphatic carbocycles. The number of hydrazine groups is 1. The van der Waals surface area contributed by atoms with Crippen LogP contribution in [0.15, 0.2) is 0 Å². The van der Waals surface area contributed by atoms with Crippen molar-refractivity contribution in [3.63, 3.8) is 0 Å². The highest BCUT2D eigenvalue weighted by atomic mass is 15.3. The highest BCUT2D eigenvalue weighted by Gasteiger charge is 1.94. The van der Waals surface area contributed by atoms with Crippen molar-refractivity contribution in [2.45, 2.75) is 32.4 Å². The van der Waals surface area contributed by atoms with E-state index in [0.717, 1.165) is 12.8 Å². The summed E-state index contributed by atoms with van der Waals surface area (Å²) in [5, 5.41) is 0. The first-order valence-electron chi connectivity index (χ1n) is 3.03. The lowest BCUT2D eigenvalue weighted by Gasteiger charge is -2.06. The molecule has 0 radical (unpaired) electrons. The maximum absolute atomic E-state index is 5.42. The molecule has 0 spiro atoms. The van der Waals surface area contributed by atoms with Gasteiger partial charge in [0.15, 0.2) is 0 Å². The van der Waals surface area contributed by atoms with Crippen LogP contribution in [0.25, 0.3) is 0 Å². The standard InChI is InChI=1S/C5H15N3/c1-2-3-4-5(6)8-7/h5,8H,2-4,6-7H2,1H3. The minimum atomic E-state index is -0.0186. The van der Waals surface area contributed by atoms with E-state index in [1.807, 2.05) is 0 Å².